The van der Waals surface area contributed by atoms with Gasteiger partial charge in [-0.05, 0) is 24.4 Å². The van der Waals surface area contributed by atoms with Crippen LogP contribution in [0.4, 0.5) is 11.6 Å². The quantitative estimate of drug-likeness (QED) is 0.541. The largest absolute Gasteiger partial charge is 0.353 e. The van der Waals surface area contributed by atoms with E-state index < -0.39 is 0 Å². The Balaban J connectivity index is 1.37. The molecule has 0 bridgehead atoms. The van der Waals surface area contributed by atoms with Crippen molar-refractivity contribution in [1.29, 1.82) is 0 Å². The second kappa shape index (κ2) is 6.58. The van der Waals surface area contributed by atoms with Crippen LogP contribution in [0.1, 0.15) is 5.82 Å². The van der Waals surface area contributed by atoms with Crippen LogP contribution in [0.3, 0.4) is 0 Å². The number of aromatic nitrogens is 6. The fourth-order valence-electron chi connectivity index (χ4n) is 3.40. The van der Waals surface area contributed by atoms with Gasteiger partial charge in [-0.1, -0.05) is 0 Å². The van der Waals surface area contributed by atoms with E-state index in [1.54, 1.807) is 28.5 Å². The molecule has 0 unspecified atom stereocenters. The Morgan fingerprint density at radius 2 is 1.81 bits per heavy atom. The molecular weight excluding hydrogens is 360 g/mol. The van der Waals surface area contributed by atoms with E-state index in [4.69, 9.17) is 0 Å². The third-order valence-corrected chi connectivity index (χ3v) is 5.51. The Hall–Kier alpha value is -3.07. The maximum atomic E-state index is 4.64. The summed E-state index contributed by atoms with van der Waals surface area (Å²) >= 11 is 1.65. The Bertz CT molecular complexity index is 1070. The summed E-state index contributed by atoms with van der Waals surface area (Å²) in [4.78, 5) is 23.7. The number of rotatable bonds is 3. The van der Waals surface area contributed by atoms with Crippen molar-refractivity contribution in [2.75, 3.05) is 36.0 Å². The van der Waals surface area contributed by atoms with Gasteiger partial charge in [0.1, 0.15) is 28.6 Å². The van der Waals surface area contributed by atoms with E-state index >= 15 is 0 Å². The number of hydrogen-bond donors (Lipinski definition) is 0. The first-order valence-electron chi connectivity index (χ1n) is 8.82. The van der Waals surface area contributed by atoms with Gasteiger partial charge in [0.15, 0.2) is 5.82 Å². The van der Waals surface area contributed by atoms with Crippen molar-refractivity contribution in [2.45, 2.75) is 6.92 Å². The molecule has 8 nitrogen and oxygen atoms in total. The molecule has 4 aromatic heterocycles. The summed E-state index contributed by atoms with van der Waals surface area (Å²) in [5.74, 6) is 3.50. The van der Waals surface area contributed by atoms with Gasteiger partial charge in [-0.15, -0.1) is 11.3 Å². The number of anilines is 2. The van der Waals surface area contributed by atoms with Crippen LogP contribution in [-0.2, 0) is 0 Å². The molecule has 1 aliphatic heterocycles. The van der Waals surface area contributed by atoms with Crippen molar-refractivity contribution >= 4 is 33.2 Å². The van der Waals surface area contributed by atoms with Crippen molar-refractivity contribution in [1.82, 2.24) is 29.7 Å². The van der Waals surface area contributed by atoms with E-state index in [-0.39, 0.29) is 0 Å². The van der Waals surface area contributed by atoms with Gasteiger partial charge in [0.25, 0.3) is 0 Å². The lowest BCUT2D eigenvalue weighted by molar-refractivity contribution is 0.640. The summed E-state index contributed by atoms with van der Waals surface area (Å²) in [7, 11) is 0. The van der Waals surface area contributed by atoms with Crippen LogP contribution in [0, 0.1) is 6.92 Å². The van der Waals surface area contributed by atoms with E-state index in [1.165, 1.54) is 0 Å². The standard InChI is InChI=1S/C18H18N8S/c1-13-22-15(11-16(23-13)26-5-2-4-21-26)24-6-8-25(9-7-24)17-14-3-10-27-18(14)20-12-19-17/h2-5,10-12H,6-9H2,1H3. The van der Waals surface area contributed by atoms with E-state index in [0.29, 0.717) is 0 Å². The predicted molar refractivity (Wildman–Crippen MR) is 106 cm³/mol. The first-order valence-corrected chi connectivity index (χ1v) is 9.70. The molecule has 4 aromatic rings. The molecular formula is C18H18N8S. The van der Waals surface area contributed by atoms with Crippen LogP contribution in [0.2, 0.25) is 0 Å². The van der Waals surface area contributed by atoms with E-state index in [1.807, 2.05) is 25.3 Å². The topological polar surface area (TPSA) is 75.9 Å². The van der Waals surface area contributed by atoms with E-state index in [0.717, 1.165) is 59.7 Å². The van der Waals surface area contributed by atoms with E-state index in [2.05, 4.69) is 46.3 Å². The molecule has 0 N–H and O–H groups in total. The Kier molecular flexibility index (Phi) is 3.93. The lowest BCUT2D eigenvalue weighted by atomic mass is 10.2. The molecule has 0 amide bonds. The highest BCUT2D eigenvalue weighted by Crippen LogP contribution is 2.28. The predicted octanol–water partition coefficient (Wildman–Crippen LogP) is 2.30. The number of nitrogens with zero attached hydrogens (tertiary/aromatic N) is 8. The van der Waals surface area contributed by atoms with Crippen molar-refractivity contribution in [2.24, 2.45) is 0 Å². The molecule has 27 heavy (non-hydrogen) atoms. The molecule has 0 aromatic carbocycles. The summed E-state index contributed by atoms with van der Waals surface area (Å²) in [5.41, 5.74) is 0. The third-order valence-electron chi connectivity index (χ3n) is 4.69. The molecule has 0 saturated carbocycles. The van der Waals surface area contributed by atoms with Crippen LogP contribution in [0.5, 0.6) is 0 Å². The molecule has 9 heteroatoms. The summed E-state index contributed by atoms with van der Waals surface area (Å²) < 4.78 is 1.77. The zero-order valence-corrected chi connectivity index (χ0v) is 15.7. The van der Waals surface area contributed by atoms with Crippen molar-refractivity contribution in [3.63, 3.8) is 0 Å². The minimum absolute atomic E-state index is 0.746. The summed E-state index contributed by atoms with van der Waals surface area (Å²) in [6.45, 7) is 5.46. The number of fused-ring (bicyclic) bond motifs is 1. The Morgan fingerprint density at radius 1 is 1.00 bits per heavy atom. The minimum atomic E-state index is 0.746. The number of piperazine rings is 1. The van der Waals surface area contributed by atoms with Gasteiger partial charge in [0, 0.05) is 44.6 Å². The molecule has 136 valence electrons. The second-order valence-electron chi connectivity index (χ2n) is 6.39. The summed E-state index contributed by atoms with van der Waals surface area (Å²) in [5, 5.41) is 7.48. The normalized spacial score (nSPS) is 14.9. The molecule has 1 fully saturated rings. The average Bonchev–Trinajstić information content (AvgIpc) is 3.39. The van der Waals surface area contributed by atoms with Crippen molar-refractivity contribution in [3.8, 4) is 5.82 Å². The zero-order chi connectivity index (χ0) is 18.2. The Morgan fingerprint density at radius 3 is 2.63 bits per heavy atom. The molecule has 0 spiro atoms. The Labute approximate surface area is 160 Å². The second-order valence-corrected chi connectivity index (χ2v) is 7.29. The van der Waals surface area contributed by atoms with Gasteiger partial charge < -0.3 is 9.80 Å². The van der Waals surface area contributed by atoms with Crippen LogP contribution in [-0.4, -0.2) is 55.9 Å². The lowest BCUT2D eigenvalue weighted by Crippen LogP contribution is -2.47. The maximum Gasteiger partial charge on any atom is 0.159 e. The monoisotopic (exact) mass is 378 g/mol. The summed E-state index contributed by atoms with van der Waals surface area (Å²) in [6.07, 6.45) is 5.30. The van der Waals surface area contributed by atoms with Crippen LogP contribution in [0.15, 0.2) is 42.3 Å². The maximum absolute atomic E-state index is 4.64. The summed E-state index contributed by atoms with van der Waals surface area (Å²) in [6, 6.07) is 5.99. The van der Waals surface area contributed by atoms with E-state index in [9.17, 15) is 0 Å². The van der Waals surface area contributed by atoms with Gasteiger partial charge in [0.2, 0.25) is 0 Å². The lowest BCUT2D eigenvalue weighted by Gasteiger charge is -2.36. The molecule has 1 aliphatic rings. The van der Waals surface area contributed by atoms with Gasteiger partial charge in [-0.2, -0.15) is 5.10 Å². The highest BCUT2D eigenvalue weighted by Gasteiger charge is 2.22. The molecule has 0 aliphatic carbocycles. The van der Waals surface area contributed by atoms with Gasteiger partial charge in [0.05, 0.1) is 5.39 Å². The smallest absolute Gasteiger partial charge is 0.159 e. The molecule has 0 atom stereocenters. The fraction of sp³-hybridized carbons (Fsp3) is 0.278. The highest BCUT2D eigenvalue weighted by molar-refractivity contribution is 7.16. The van der Waals surface area contributed by atoms with Crippen LogP contribution < -0.4 is 9.80 Å². The van der Waals surface area contributed by atoms with Gasteiger partial charge in [-0.25, -0.2) is 24.6 Å². The van der Waals surface area contributed by atoms with Crippen LogP contribution >= 0.6 is 11.3 Å². The van der Waals surface area contributed by atoms with Crippen molar-refractivity contribution < 1.29 is 0 Å². The first-order chi connectivity index (χ1) is 13.3. The molecule has 1 saturated heterocycles. The fourth-order valence-corrected chi connectivity index (χ4v) is 4.12. The minimum Gasteiger partial charge on any atom is -0.353 e. The first kappa shape index (κ1) is 16.1. The SMILES string of the molecule is Cc1nc(N2CCN(c3ncnc4sccc34)CC2)cc(-n2cccn2)n1. The van der Waals surface area contributed by atoms with Gasteiger partial charge in [-0.3, -0.25) is 0 Å². The molecule has 5 rings (SSSR count). The molecule has 0 radical (unpaired) electrons. The average molecular weight is 378 g/mol. The highest BCUT2D eigenvalue weighted by atomic mass is 32.1. The van der Waals surface area contributed by atoms with Gasteiger partial charge >= 0.3 is 0 Å². The number of aryl methyl sites for hydroxylation is 1. The zero-order valence-electron chi connectivity index (χ0n) is 14.9. The van der Waals surface area contributed by atoms with Crippen molar-refractivity contribution in [3.05, 3.63) is 48.1 Å². The number of thiophene rings is 1. The van der Waals surface area contributed by atoms with Crippen LogP contribution in [0.25, 0.3) is 16.0 Å². The number of hydrogen-bond acceptors (Lipinski definition) is 8. The third kappa shape index (κ3) is 2.99. The molecule has 5 heterocycles.